The predicted octanol–water partition coefficient (Wildman–Crippen LogP) is 3.49. The van der Waals surface area contributed by atoms with E-state index in [2.05, 4.69) is 26.1 Å². The van der Waals surface area contributed by atoms with E-state index in [4.69, 9.17) is 0 Å². The zero-order valence-corrected chi connectivity index (χ0v) is 12.8. The minimum absolute atomic E-state index is 0.235. The van der Waals surface area contributed by atoms with Gasteiger partial charge in [-0.2, -0.15) is 0 Å². The number of hydrogen-bond donors (Lipinski definition) is 2. The van der Waals surface area contributed by atoms with Gasteiger partial charge in [-0.05, 0) is 31.2 Å². The first-order valence-corrected chi connectivity index (χ1v) is 7.51. The van der Waals surface area contributed by atoms with Gasteiger partial charge in [0.2, 0.25) is 0 Å². The van der Waals surface area contributed by atoms with Crippen molar-refractivity contribution in [2.24, 2.45) is 5.92 Å². The molecule has 0 saturated carbocycles. The Morgan fingerprint density at radius 2 is 1.80 bits per heavy atom. The topological polar surface area (TPSA) is 49.3 Å². The summed E-state index contributed by atoms with van der Waals surface area (Å²) in [6, 6.07) is 9.51. The monoisotopic (exact) mass is 277 g/mol. The summed E-state index contributed by atoms with van der Waals surface area (Å²) in [6.07, 6.45) is 3.90. The highest BCUT2D eigenvalue weighted by molar-refractivity contribution is 5.74. The van der Waals surface area contributed by atoms with Crippen molar-refractivity contribution in [3.8, 4) is 0 Å². The number of rotatable bonds is 9. The molecule has 0 aliphatic heterocycles. The molecule has 0 amide bonds. The summed E-state index contributed by atoms with van der Waals surface area (Å²) in [7, 11) is 0. The van der Waals surface area contributed by atoms with E-state index in [-0.39, 0.29) is 6.04 Å². The molecule has 0 saturated heterocycles. The Bertz CT molecular complexity index is 389. The van der Waals surface area contributed by atoms with E-state index in [1.165, 1.54) is 6.42 Å². The summed E-state index contributed by atoms with van der Waals surface area (Å²) < 4.78 is 0. The summed E-state index contributed by atoms with van der Waals surface area (Å²) >= 11 is 0. The lowest BCUT2D eigenvalue weighted by Gasteiger charge is -2.20. The van der Waals surface area contributed by atoms with Crippen LogP contribution in [0.4, 0.5) is 0 Å². The van der Waals surface area contributed by atoms with Crippen LogP contribution in [0.15, 0.2) is 30.3 Å². The molecule has 0 aliphatic carbocycles. The fourth-order valence-electron chi connectivity index (χ4n) is 2.33. The molecule has 2 atom stereocenters. The summed E-state index contributed by atoms with van der Waals surface area (Å²) in [5.74, 6) is -0.0636. The third kappa shape index (κ3) is 6.71. The molecule has 0 bridgehead atoms. The quantitative estimate of drug-likeness (QED) is 0.726. The Labute approximate surface area is 122 Å². The van der Waals surface area contributed by atoms with Gasteiger partial charge in [-0.15, -0.1) is 0 Å². The molecule has 0 aliphatic rings. The van der Waals surface area contributed by atoms with Crippen molar-refractivity contribution in [1.29, 1.82) is 0 Å². The third-order valence-corrected chi connectivity index (χ3v) is 3.49. The molecular formula is C17H27NO2. The minimum Gasteiger partial charge on any atom is -0.480 e. The SMILES string of the molecule is CC(C)CCCC(C)N[C@@H](Cc1ccccc1)C(=O)O. The van der Waals surface area contributed by atoms with Crippen molar-refractivity contribution in [3.05, 3.63) is 35.9 Å². The molecular weight excluding hydrogens is 250 g/mol. The molecule has 1 rings (SSSR count). The second-order valence-corrected chi connectivity index (χ2v) is 5.97. The van der Waals surface area contributed by atoms with Gasteiger partial charge in [0, 0.05) is 6.04 Å². The molecule has 0 heterocycles. The van der Waals surface area contributed by atoms with Crippen LogP contribution in [-0.2, 0) is 11.2 Å². The number of aliphatic carboxylic acids is 1. The first-order valence-electron chi connectivity index (χ1n) is 7.51. The zero-order chi connectivity index (χ0) is 15.0. The first-order chi connectivity index (χ1) is 9.49. The number of hydrogen-bond acceptors (Lipinski definition) is 2. The molecule has 0 fully saturated rings. The van der Waals surface area contributed by atoms with E-state index in [1.54, 1.807) is 0 Å². The Balaban J connectivity index is 2.44. The fraction of sp³-hybridized carbons (Fsp3) is 0.588. The van der Waals surface area contributed by atoms with E-state index in [0.717, 1.165) is 18.4 Å². The van der Waals surface area contributed by atoms with E-state index in [9.17, 15) is 9.90 Å². The summed E-state index contributed by atoms with van der Waals surface area (Å²) in [4.78, 5) is 11.4. The molecule has 2 N–H and O–H groups in total. The predicted molar refractivity (Wildman–Crippen MR) is 82.9 cm³/mol. The van der Waals surface area contributed by atoms with Crippen LogP contribution in [0, 0.1) is 5.92 Å². The summed E-state index contributed by atoms with van der Waals surface area (Å²) in [6.45, 7) is 6.50. The van der Waals surface area contributed by atoms with Crippen LogP contribution in [0.5, 0.6) is 0 Å². The standard InChI is InChI=1S/C17H27NO2/c1-13(2)8-7-9-14(3)18-16(17(19)20)12-15-10-5-4-6-11-15/h4-6,10-11,13-14,16,18H,7-9,12H2,1-3H3,(H,19,20)/t14?,16-/m0/s1. The number of carboxylic acid groups (broad SMARTS) is 1. The van der Waals surface area contributed by atoms with Gasteiger partial charge in [0.1, 0.15) is 6.04 Å². The Morgan fingerprint density at radius 3 is 2.35 bits per heavy atom. The molecule has 3 nitrogen and oxygen atoms in total. The average molecular weight is 277 g/mol. The lowest BCUT2D eigenvalue weighted by molar-refractivity contribution is -0.139. The largest absolute Gasteiger partial charge is 0.480 e. The smallest absolute Gasteiger partial charge is 0.321 e. The number of carbonyl (C=O) groups is 1. The highest BCUT2D eigenvalue weighted by Gasteiger charge is 2.19. The minimum atomic E-state index is -0.774. The third-order valence-electron chi connectivity index (χ3n) is 3.49. The molecule has 1 unspecified atom stereocenters. The molecule has 112 valence electrons. The van der Waals surface area contributed by atoms with Crippen LogP contribution in [0.25, 0.3) is 0 Å². The van der Waals surface area contributed by atoms with Crippen molar-refractivity contribution < 1.29 is 9.90 Å². The Hall–Kier alpha value is -1.35. The maximum absolute atomic E-state index is 11.4. The molecule has 1 aromatic rings. The average Bonchev–Trinajstić information content (AvgIpc) is 2.38. The molecule has 0 radical (unpaired) electrons. The highest BCUT2D eigenvalue weighted by Crippen LogP contribution is 2.10. The van der Waals surface area contributed by atoms with Gasteiger partial charge < -0.3 is 10.4 Å². The van der Waals surface area contributed by atoms with Gasteiger partial charge in [-0.25, -0.2) is 0 Å². The number of carboxylic acids is 1. The molecule has 3 heteroatoms. The molecule has 20 heavy (non-hydrogen) atoms. The Kier molecular flexibility index (Phi) is 7.31. The van der Waals surface area contributed by atoms with Crippen molar-refractivity contribution in [1.82, 2.24) is 5.32 Å². The van der Waals surface area contributed by atoms with Gasteiger partial charge >= 0.3 is 5.97 Å². The van der Waals surface area contributed by atoms with Crippen LogP contribution in [-0.4, -0.2) is 23.2 Å². The van der Waals surface area contributed by atoms with Crippen molar-refractivity contribution in [2.75, 3.05) is 0 Å². The van der Waals surface area contributed by atoms with Crippen LogP contribution in [0.3, 0.4) is 0 Å². The fourth-order valence-corrected chi connectivity index (χ4v) is 2.33. The maximum Gasteiger partial charge on any atom is 0.321 e. The maximum atomic E-state index is 11.4. The second kappa shape index (κ2) is 8.75. The molecule has 0 aromatic heterocycles. The number of benzene rings is 1. The lowest BCUT2D eigenvalue weighted by Crippen LogP contribution is -2.43. The molecule has 1 aromatic carbocycles. The van der Waals surface area contributed by atoms with Gasteiger partial charge in [0.15, 0.2) is 0 Å². The highest BCUT2D eigenvalue weighted by atomic mass is 16.4. The summed E-state index contributed by atoms with van der Waals surface area (Å²) in [5.41, 5.74) is 1.06. The normalized spacial score (nSPS) is 14.2. The Morgan fingerprint density at radius 1 is 1.15 bits per heavy atom. The van der Waals surface area contributed by atoms with E-state index >= 15 is 0 Å². The first kappa shape index (κ1) is 16.7. The van der Waals surface area contributed by atoms with Gasteiger partial charge in [0.25, 0.3) is 0 Å². The van der Waals surface area contributed by atoms with E-state index in [1.807, 2.05) is 30.3 Å². The molecule has 0 spiro atoms. The van der Waals surface area contributed by atoms with Crippen LogP contribution in [0.1, 0.15) is 45.6 Å². The second-order valence-electron chi connectivity index (χ2n) is 5.97. The van der Waals surface area contributed by atoms with Gasteiger partial charge in [-0.1, -0.05) is 57.0 Å². The van der Waals surface area contributed by atoms with Crippen LogP contribution >= 0.6 is 0 Å². The summed E-state index contributed by atoms with van der Waals surface area (Å²) in [5, 5.41) is 12.6. The van der Waals surface area contributed by atoms with Gasteiger partial charge in [-0.3, -0.25) is 4.79 Å². The van der Waals surface area contributed by atoms with Crippen molar-refractivity contribution in [2.45, 2.75) is 58.5 Å². The zero-order valence-electron chi connectivity index (χ0n) is 12.8. The van der Waals surface area contributed by atoms with E-state index < -0.39 is 12.0 Å². The van der Waals surface area contributed by atoms with Crippen LogP contribution < -0.4 is 5.32 Å². The van der Waals surface area contributed by atoms with Gasteiger partial charge in [0.05, 0.1) is 0 Å². The number of nitrogens with one attached hydrogen (secondary N) is 1. The van der Waals surface area contributed by atoms with E-state index in [0.29, 0.717) is 12.3 Å². The van der Waals surface area contributed by atoms with Crippen molar-refractivity contribution >= 4 is 5.97 Å². The lowest BCUT2D eigenvalue weighted by atomic mass is 10.0. The van der Waals surface area contributed by atoms with Crippen LogP contribution in [0.2, 0.25) is 0 Å². The van der Waals surface area contributed by atoms with Crippen molar-refractivity contribution in [3.63, 3.8) is 0 Å².